The van der Waals surface area contributed by atoms with Gasteiger partial charge in [-0.3, -0.25) is 0 Å². The summed E-state index contributed by atoms with van der Waals surface area (Å²) in [4.78, 5) is 14.4. The van der Waals surface area contributed by atoms with E-state index in [0.29, 0.717) is 16.7 Å². The smallest absolute Gasteiger partial charge is 0.163 e. The average Bonchev–Trinajstić information content (AvgIpc) is 2.84. The predicted molar refractivity (Wildman–Crippen MR) is 134 cm³/mol. The zero-order valence-electron chi connectivity index (χ0n) is 17.9. The fraction of sp³-hybridized carbons (Fsp3) is 0.107. The molecule has 0 saturated carbocycles. The van der Waals surface area contributed by atoms with E-state index in [2.05, 4.69) is 30.9 Å². The number of rotatable bonds is 6. The predicted octanol–water partition coefficient (Wildman–Crippen LogP) is 7.60. The first-order valence-electron chi connectivity index (χ1n) is 10.6. The van der Waals surface area contributed by atoms with Crippen molar-refractivity contribution in [1.29, 1.82) is 0 Å². The lowest BCUT2D eigenvalue weighted by atomic mass is 9.99. The van der Waals surface area contributed by atoms with Crippen molar-refractivity contribution in [2.75, 3.05) is 0 Å². The summed E-state index contributed by atoms with van der Waals surface area (Å²) in [5.41, 5.74) is 3.77. The van der Waals surface area contributed by atoms with Gasteiger partial charge in [0.2, 0.25) is 0 Å². The highest BCUT2D eigenvalue weighted by molar-refractivity contribution is 6.30. The highest BCUT2D eigenvalue weighted by Crippen LogP contribution is 2.29. The highest BCUT2D eigenvalue weighted by Gasteiger charge is 2.17. The molecule has 1 aromatic heterocycles. The van der Waals surface area contributed by atoms with Crippen molar-refractivity contribution in [3.8, 4) is 22.5 Å². The van der Waals surface area contributed by atoms with Gasteiger partial charge in [0.1, 0.15) is 5.82 Å². The van der Waals surface area contributed by atoms with Gasteiger partial charge in [0.15, 0.2) is 11.6 Å². The van der Waals surface area contributed by atoms with Crippen LogP contribution in [0.5, 0.6) is 0 Å². The molecule has 3 aromatic rings. The number of nitrogens with zero attached hydrogens (tertiary/aromatic N) is 3. The molecule has 4 heteroatoms. The summed E-state index contributed by atoms with van der Waals surface area (Å²) >= 11 is 6.20. The van der Waals surface area contributed by atoms with Gasteiger partial charge in [-0.2, -0.15) is 0 Å². The minimum Gasteiger partial charge on any atom is -0.212 e. The Morgan fingerprint density at radius 2 is 1.75 bits per heavy atom. The van der Waals surface area contributed by atoms with Crippen LogP contribution in [0.3, 0.4) is 0 Å². The second kappa shape index (κ2) is 10.2. The van der Waals surface area contributed by atoms with E-state index in [9.17, 15) is 0 Å². The van der Waals surface area contributed by atoms with Gasteiger partial charge in [-0.1, -0.05) is 97.1 Å². The zero-order chi connectivity index (χ0) is 22.3. The van der Waals surface area contributed by atoms with E-state index in [1.807, 2.05) is 79.8 Å². The molecule has 1 aliphatic carbocycles. The molecule has 2 aromatic carbocycles. The standard InChI is InChI=1S/C28H24ClN3/c1-3-4-6-11-20(2)26-30-27(21-12-7-5-8-13-21)32-28(31-26)24-16-9-14-22(18-24)23-15-10-17-25(29)19-23/h3-12,14-19,21H,2,13H2,1H3/b4-3-,11-6-. The molecule has 0 N–H and O–H groups in total. The van der Waals surface area contributed by atoms with E-state index >= 15 is 0 Å². The summed E-state index contributed by atoms with van der Waals surface area (Å²) in [6.07, 6.45) is 17.0. The molecule has 1 aliphatic rings. The molecule has 0 saturated heterocycles. The Labute approximate surface area is 194 Å². The SMILES string of the molecule is C=C(/C=C\C=C/C)c1nc(-c2cccc(-c3cccc(Cl)c3)c2)nc(C2C=CC=CC2)n1. The number of aromatic nitrogens is 3. The van der Waals surface area contributed by atoms with Gasteiger partial charge in [-0.25, -0.2) is 15.0 Å². The van der Waals surface area contributed by atoms with Gasteiger partial charge in [-0.15, -0.1) is 0 Å². The van der Waals surface area contributed by atoms with Crippen LogP contribution in [-0.4, -0.2) is 15.0 Å². The summed E-state index contributed by atoms with van der Waals surface area (Å²) in [7, 11) is 0. The van der Waals surface area contributed by atoms with Crippen molar-refractivity contribution in [1.82, 2.24) is 15.0 Å². The Morgan fingerprint density at radius 1 is 0.969 bits per heavy atom. The molecular weight excluding hydrogens is 414 g/mol. The van der Waals surface area contributed by atoms with Crippen LogP contribution in [0.1, 0.15) is 30.9 Å². The summed E-state index contributed by atoms with van der Waals surface area (Å²) in [5, 5.41) is 0.707. The van der Waals surface area contributed by atoms with E-state index in [1.54, 1.807) is 0 Å². The fourth-order valence-electron chi connectivity index (χ4n) is 3.47. The molecule has 0 spiro atoms. The Kier molecular flexibility index (Phi) is 6.88. The van der Waals surface area contributed by atoms with Crippen LogP contribution >= 0.6 is 11.6 Å². The van der Waals surface area contributed by atoms with Crippen LogP contribution in [-0.2, 0) is 0 Å². The lowest BCUT2D eigenvalue weighted by molar-refractivity contribution is 0.757. The molecule has 0 fully saturated rings. The minimum atomic E-state index is 0.115. The molecule has 0 amide bonds. The molecule has 3 nitrogen and oxygen atoms in total. The number of allylic oxidation sites excluding steroid dienone is 9. The Morgan fingerprint density at radius 3 is 2.50 bits per heavy atom. The van der Waals surface area contributed by atoms with Crippen molar-refractivity contribution in [2.45, 2.75) is 19.3 Å². The Balaban J connectivity index is 1.78. The molecular formula is C28H24ClN3. The van der Waals surface area contributed by atoms with Gasteiger partial charge >= 0.3 is 0 Å². The number of halogens is 1. The van der Waals surface area contributed by atoms with E-state index < -0.39 is 0 Å². The highest BCUT2D eigenvalue weighted by atomic mass is 35.5. The lowest BCUT2D eigenvalue weighted by Crippen LogP contribution is -2.09. The monoisotopic (exact) mass is 437 g/mol. The third-order valence-corrected chi connectivity index (χ3v) is 5.37. The molecule has 158 valence electrons. The van der Waals surface area contributed by atoms with E-state index in [1.165, 1.54) is 0 Å². The molecule has 1 unspecified atom stereocenters. The largest absolute Gasteiger partial charge is 0.212 e. The first kappa shape index (κ1) is 21.7. The van der Waals surface area contributed by atoms with Crippen molar-refractivity contribution >= 4 is 17.2 Å². The molecule has 0 radical (unpaired) electrons. The summed E-state index contributed by atoms with van der Waals surface area (Å²) < 4.78 is 0. The van der Waals surface area contributed by atoms with Crippen LogP contribution in [0.25, 0.3) is 28.1 Å². The molecule has 0 aliphatic heterocycles. The number of benzene rings is 2. The van der Waals surface area contributed by atoms with E-state index in [-0.39, 0.29) is 5.92 Å². The maximum Gasteiger partial charge on any atom is 0.163 e. The second-order valence-corrected chi connectivity index (χ2v) is 7.93. The Hall–Kier alpha value is -3.56. The Bertz CT molecular complexity index is 1250. The van der Waals surface area contributed by atoms with Crippen molar-refractivity contribution in [2.24, 2.45) is 0 Å². The summed E-state index contributed by atoms with van der Waals surface area (Å²) in [5.74, 6) is 2.09. The summed E-state index contributed by atoms with van der Waals surface area (Å²) in [6.45, 7) is 6.15. The van der Waals surface area contributed by atoms with E-state index in [4.69, 9.17) is 26.6 Å². The van der Waals surface area contributed by atoms with Gasteiger partial charge in [0.05, 0.1) is 0 Å². The molecule has 1 heterocycles. The molecule has 0 bridgehead atoms. The summed E-state index contributed by atoms with van der Waals surface area (Å²) in [6, 6.07) is 16.0. The van der Waals surface area contributed by atoms with Crippen LogP contribution in [0.4, 0.5) is 0 Å². The maximum absolute atomic E-state index is 6.20. The molecule has 4 rings (SSSR count). The van der Waals surface area contributed by atoms with Crippen LogP contribution in [0.2, 0.25) is 5.02 Å². The fourth-order valence-corrected chi connectivity index (χ4v) is 3.66. The number of hydrogen-bond acceptors (Lipinski definition) is 3. The minimum absolute atomic E-state index is 0.115. The quantitative estimate of drug-likeness (QED) is 0.372. The topological polar surface area (TPSA) is 38.7 Å². The van der Waals surface area contributed by atoms with Crippen LogP contribution in [0, 0.1) is 0 Å². The van der Waals surface area contributed by atoms with Crippen molar-refractivity contribution in [3.05, 3.63) is 120 Å². The van der Waals surface area contributed by atoms with Crippen LogP contribution in [0.15, 0.2) is 104 Å². The average molecular weight is 438 g/mol. The maximum atomic E-state index is 6.20. The molecule has 1 atom stereocenters. The van der Waals surface area contributed by atoms with Gasteiger partial charge < -0.3 is 0 Å². The first-order valence-corrected chi connectivity index (χ1v) is 11.0. The first-order chi connectivity index (χ1) is 15.6. The zero-order valence-corrected chi connectivity index (χ0v) is 18.7. The van der Waals surface area contributed by atoms with Crippen molar-refractivity contribution < 1.29 is 0 Å². The van der Waals surface area contributed by atoms with Gasteiger partial charge in [0, 0.05) is 22.1 Å². The normalized spacial score (nSPS) is 15.6. The van der Waals surface area contributed by atoms with Crippen molar-refractivity contribution in [3.63, 3.8) is 0 Å². The third-order valence-electron chi connectivity index (χ3n) is 5.13. The lowest BCUT2D eigenvalue weighted by Gasteiger charge is -2.14. The van der Waals surface area contributed by atoms with Gasteiger partial charge in [-0.05, 0) is 42.7 Å². The third kappa shape index (κ3) is 5.19. The second-order valence-electron chi connectivity index (χ2n) is 7.50. The number of hydrogen-bond donors (Lipinski definition) is 0. The molecule has 32 heavy (non-hydrogen) atoms. The van der Waals surface area contributed by atoms with Gasteiger partial charge in [0.25, 0.3) is 0 Å². The van der Waals surface area contributed by atoms with Crippen LogP contribution < -0.4 is 0 Å². The van der Waals surface area contributed by atoms with E-state index in [0.717, 1.165) is 34.5 Å².